The monoisotopic (exact) mass is 311 g/mol. The summed E-state index contributed by atoms with van der Waals surface area (Å²) in [6, 6.07) is 4.17. The first-order valence-corrected chi connectivity index (χ1v) is 6.15. The van der Waals surface area contributed by atoms with Crippen LogP contribution in [0.3, 0.4) is 0 Å². The van der Waals surface area contributed by atoms with E-state index in [-0.39, 0.29) is 16.2 Å². The number of hydrogen-bond donors (Lipinski definition) is 1. The first-order valence-electron chi connectivity index (χ1n) is 5.36. The van der Waals surface area contributed by atoms with Crippen LogP contribution in [0.15, 0.2) is 41.4 Å². The van der Waals surface area contributed by atoms with Crippen molar-refractivity contribution in [1.82, 2.24) is 14.9 Å². The van der Waals surface area contributed by atoms with Gasteiger partial charge in [0.15, 0.2) is 0 Å². The summed E-state index contributed by atoms with van der Waals surface area (Å²) in [5.74, 6) is -0.610. The van der Waals surface area contributed by atoms with Crippen molar-refractivity contribution in [3.8, 4) is 0 Å². The van der Waals surface area contributed by atoms with Crippen LogP contribution < -0.4 is 5.32 Å². The Kier molecular flexibility index (Phi) is 4.09. The van der Waals surface area contributed by atoms with Crippen molar-refractivity contribution in [3.63, 3.8) is 0 Å². The number of carbonyl (C=O) groups is 1. The molecule has 0 unspecified atom stereocenters. The Morgan fingerprint density at radius 3 is 3.00 bits per heavy atom. The fraction of sp³-hybridized carbons (Fsp3) is 0.167. The lowest BCUT2D eigenvalue weighted by atomic mass is 10.2. The lowest BCUT2D eigenvalue weighted by Gasteiger charge is -2.06. The zero-order chi connectivity index (χ0) is 13.0. The largest absolute Gasteiger partial charge is 0.350 e. The van der Waals surface area contributed by atoms with Crippen molar-refractivity contribution in [3.05, 3.63) is 52.8 Å². The summed E-state index contributed by atoms with van der Waals surface area (Å²) in [4.78, 5) is 15.7. The predicted octanol–water partition coefficient (Wildman–Crippen LogP) is 2.21. The number of carbonyl (C=O) groups excluding carboxylic acids is 1. The van der Waals surface area contributed by atoms with E-state index in [2.05, 4.69) is 26.2 Å². The molecule has 0 spiro atoms. The number of nitrogens with one attached hydrogen (secondary N) is 1. The van der Waals surface area contributed by atoms with Crippen LogP contribution in [0.1, 0.15) is 10.4 Å². The number of aromatic nitrogens is 2. The molecule has 94 valence electrons. The molecule has 18 heavy (non-hydrogen) atoms. The predicted molar refractivity (Wildman–Crippen MR) is 68.7 cm³/mol. The van der Waals surface area contributed by atoms with E-state index in [1.807, 2.05) is 10.8 Å². The first-order chi connectivity index (χ1) is 8.66. The smallest absolute Gasteiger partial charge is 0.251 e. The standard InChI is InChI=1S/C12H11BrFN3O/c13-10-7-9(1-2-11(10)14)12(18)16-4-6-17-5-3-15-8-17/h1-3,5,7-8H,4,6H2,(H,16,18). The second kappa shape index (κ2) is 5.77. The van der Waals surface area contributed by atoms with E-state index in [0.717, 1.165) is 0 Å². The number of benzene rings is 1. The number of imidazole rings is 1. The summed E-state index contributed by atoms with van der Waals surface area (Å²) in [5, 5.41) is 2.75. The van der Waals surface area contributed by atoms with Crippen LogP contribution in [-0.4, -0.2) is 22.0 Å². The van der Waals surface area contributed by atoms with Crippen LogP contribution in [0.2, 0.25) is 0 Å². The van der Waals surface area contributed by atoms with Gasteiger partial charge in [0.05, 0.1) is 10.8 Å². The zero-order valence-electron chi connectivity index (χ0n) is 9.44. The molecule has 0 radical (unpaired) electrons. The summed E-state index contributed by atoms with van der Waals surface area (Å²) < 4.78 is 15.2. The van der Waals surface area contributed by atoms with Gasteiger partial charge in [-0.3, -0.25) is 4.79 Å². The lowest BCUT2D eigenvalue weighted by molar-refractivity contribution is 0.0952. The van der Waals surface area contributed by atoms with Crippen LogP contribution >= 0.6 is 15.9 Å². The maximum Gasteiger partial charge on any atom is 0.251 e. The van der Waals surface area contributed by atoms with Crippen molar-refractivity contribution in [1.29, 1.82) is 0 Å². The first kappa shape index (κ1) is 12.8. The summed E-state index contributed by atoms with van der Waals surface area (Å²) >= 11 is 3.05. The molecule has 0 aliphatic heterocycles. The molecule has 1 aromatic heterocycles. The van der Waals surface area contributed by atoms with E-state index in [1.54, 1.807) is 12.5 Å². The third kappa shape index (κ3) is 3.16. The molecule has 0 atom stereocenters. The average molecular weight is 312 g/mol. The minimum Gasteiger partial charge on any atom is -0.350 e. The molecule has 0 bridgehead atoms. The third-order valence-corrected chi connectivity index (χ3v) is 3.00. The molecule has 0 saturated heterocycles. The zero-order valence-corrected chi connectivity index (χ0v) is 11.0. The van der Waals surface area contributed by atoms with Crippen LogP contribution in [0.5, 0.6) is 0 Å². The van der Waals surface area contributed by atoms with Crippen molar-refractivity contribution in [2.24, 2.45) is 0 Å². The fourth-order valence-electron chi connectivity index (χ4n) is 1.46. The number of amides is 1. The van der Waals surface area contributed by atoms with Crippen molar-refractivity contribution < 1.29 is 9.18 Å². The molecular formula is C12H11BrFN3O. The molecule has 1 N–H and O–H groups in total. The van der Waals surface area contributed by atoms with Crippen LogP contribution in [-0.2, 0) is 6.54 Å². The van der Waals surface area contributed by atoms with Gasteiger partial charge in [-0.05, 0) is 34.1 Å². The van der Waals surface area contributed by atoms with Gasteiger partial charge in [-0.2, -0.15) is 0 Å². The Balaban J connectivity index is 1.89. The molecule has 1 amide bonds. The minimum absolute atomic E-state index is 0.226. The van der Waals surface area contributed by atoms with E-state index >= 15 is 0 Å². The van der Waals surface area contributed by atoms with Gasteiger partial charge in [-0.25, -0.2) is 9.37 Å². The molecule has 2 rings (SSSR count). The Morgan fingerprint density at radius 2 is 2.33 bits per heavy atom. The topological polar surface area (TPSA) is 46.9 Å². The summed E-state index contributed by atoms with van der Waals surface area (Å²) in [5.41, 5.74) is 0.425. The summed E-state index contributed by atoms with van der Waals surface area (Å²) in [6.07, 6.45) is 5.18. The molecule has 0 aliphatic rings. The van der Waals surface area contributed by atoms with E-state index in [4.69, 9.17) is 0 Å². The number of nitrogens with zero attached hydrogens (tertiary/aromatic N) is 2. The SMILES string of the molecule is O=C(NCCn1ccnc1)c1ccc(F)c(Br)c1. The normalized spacial score (nSPS) is 10.3. The Labute approximate surface area is 112 Å². The van der Waals surface area contributed by atoms with Crippen molar-refractivity contribution in [2.75, 3.05) is 6.54 Å². The number of hydrogen-bond acceptors (Lipinski definition) is 2. The number of rotatable bonds is 4. The van der Waals surface area contributed by atoms with E-state index < -0.39 is 0 Å². The highest BCUT2D eigenvalue weighted by molar-refractivity contribution is 9.10. The molecule has 0 saturated carbocycles. The maximum atomic E-state index is 13.0. The van der Waals surface area contributed by atoms with Gasteiger partial charge in [0, 0.05) is 31.0 Å². The minimum atomic E-state index is -0.384. The van der Waals surface area contributed by atoms with E-state index in [9.17, 15) is 9.18 Å². The second-order valence-corrected chi connectivity index (χ2v) is 4.54. The van der Waals surface area contributed by atoms with Crippen LogP contribution in [0.4, 0.5) is 4.39 Å². The summed E-state index contributed by atoms with van der Waals surface area (Å²) in [6.45, 7) is 1.14. The third-order valence-electron chi connectivity index (χ3n) is 2.40. The Bertz CT molecular complexity index is 542. The van der Waals surface area contributed by atoms with Gasteiger partial charge in [-0.1, -0.05) is 0 Å². The van der Waals surface area contributed by atoms with Gasteiger partial charge >= 0.3 is 0 Å². The molecule has 1 aromatic carbocycles. The second-order valence-electron chi connectivity index (χ2n) is 3.69. The molecule has 4 nitrogen and oxygen atoms in total. The highest BCUT2D eigenvalue weighted by Gasteiger charge is 2.07. The lowest BCUT2D eigenvalue weighted by Crippen LogP contribution is -2.27. The van der Waals surface area contributed by atoms with Crippen LogP contribution in [0.25, 0.3) is 0 Å². The molecule has 2 aromatic rings. The highest BCUT2D eigenvalue weighted by Crippen LogP contribution is 2.16. The van der Waals surface area contributed by atoms with Crippen molar-refractivity contribution in [2.45, 2.75) is 6.54 Å². The molecule has 6 heteroatoms. The van der Waals surface area contributed by atoms with Gasteiger partial charge in [-0.15, -0.1) is 0 Å². The summed E-state index contributed by atoms with van der Waals surface area (Å²) in [7, 11) is 0. The fourth-order valence-corrected chi connectivity index (χ4v) is 1.84. The van der Waals surface area contributed by atoms with Crippen LogP contribution in [0, 0.1) is 5.82 Å². The molecular weight excluding hydrogens is 301 g/mol. The molecule has 0 fully saturated rings. The maximum absolute atomic E-state index is 13.0. The van der Waals surface area contributed by atoms with Crippen molar-refractivity contribution >= 4 is 21.8 Å². The number of halogens is 2. The average Bonchev–Trinajstić information content (AvgIpc) is 2.85. The Hall–Kier alpha value is -1.69. The van der Waals surface area contributed by atoms with Gasteiger partial charge in [0.1, 0.15) is 5.82 Å². The van der Waals surface area contributed by atoms with Gasteiger partial charge in [0.25, 0.3) is 5.91 Å². The van der Waals surface area contributed by atoms with Gasteiger partial charge in [0.2, 0.25) is 0 Å². The molecule has 1 heterocycles. The molecule has 0 aliphatic carbocycles. The van der Waals surface area contributed by atoms with E-state index in [1.165, 1.54) is 18.2 Å². The van der Waals surface area contributed by atoms with Gasteiger partial charge < -0.3 is 9.88 Å². The van der Waals surface area contributed by atoms with E-state index in [0.29, 0.717) is 18.7 Å². The highest BCUT2D eigenvalue weighted by atomic mass is 79.9. The quantitative estimate of drug-likeness (QED) is 0.941. The Morgan fingerprint density at radius 1 is 1.50 bits per heavy atom.